The van der Waals surface area contributed by atoms with Crippen molar-refractivity contribution in [2.75, 3.05) is 0 Å². The number of allylic oxidation sites excluding steroid dienone is 2. The van der Waals surface area contributed by atoms with Gasteiger partial charge in [-0.25, -0.2) is 0 Å². The second-order valence-electron chi connectivity index (χ2n) is 27.6. The maximum absolute atomic E-state index is 9.58. The van der Waals surface area contributed by atoms with E-state index in [1.165, 1.54) is 116 Å². The van der Waals surface area contributed by atoms with Crippen LogP contribution in [0, 0.1) is 0 Å². The van der Waals surface area contributed by atoms with E-state index in [4.69, 9.17) is 0 Å². The zero-order valence-corrected chi connectivity index (χ0v) is 65.1. The molecule has 14 aromatic rings. The first-order valence-corrected chi connectivity index (χ1v) is 54.0. The van der Waals surface area contributed by atoms with Gasteiger partial charge in [0.05, 0.1) is 0 Å². The van der Waals surface area contributed by atoms with E-state index < -0.39 is 48.2 Å². The average Bonchev–Trinajstić information content (AvgIpc) is 1.66. The van der Waals surface area contributed by atoms with Crippen LogP contribution in [-0.2, 0) is 15.9 Å². The third-order valence-corrected chi connectivity index (χ3v) is 61.9. The molecule has 101 heavy (non-hydrogen) atoms. The van der Waals surface area contributed by atoms with Gasteiger partial charge in [0.25, 0.3) is 0 Å². The standard InChI is InChI=1S/2C46H37Si2.C2H4.2ClH.Zr/c2*1-36-32-37-34-45(47(39-20-8-2-9-21-39,40-22-10-3-11-23-40)41-24-12-4-13-25-41)46(35-38(37)33-36)48(42-26-14-5-15-27-42,43-28-16-6-17-29-43)44-30-18-7-19-31-44;1-2;;;/h2*2-35H,1H3;1H,2H3;2*1H;/q;;;;;+2/p-2. The van der Waals surface area contributed by atoms with E-state index in [-0.39, 0.29) is 7.25 Å². The Hall–Kier alpha value is -9.24. The third kappa shape index (κ3) is 10.7. The van der Waals surface area contributed by atoms with E-state index in [9.17, 15) is 17.0 Å². The Morgan fingerprint density at radius 1 is 0.238 bits per heavy atom. The van der Waals surface area contributed by atoms with Crippen molar-refractivity contribution in [1.29, 1.82) is 0 Å². The average molecular weight is 1480 g/mol. The molecule has 0 amide bonds. The van der Waals surface area contributed by atoms with E-state index in [0.717, 1.165) is 0 Å². The Labute approximate surface area is 608 Å². The van der Waals surface area contributed by atoms with Gasteiger partial charge in [-0.05, 0) is 0 Å². The van der Waals surface area contributed by atoms with Gasteiger partial charge in [0, 0.05) is 0 Å². The molecular weight excluding hydrogens is 1400 g/mol. The van der Waals surface area contributed by atoms with Crippen LogP contribution in [0.1, 0.15) is 50.3 Å². The van der Waals surface area contributed by atoms with Gasteiger partial charge in [0.1, 0.15) is 0 Å². The van der Waals surface area contributed by atoms with Gasteiger partial charge < -0.3 is 0 Å². The number of hydrogen-bond donors (Lipinski definition) is 0. The van der Waals surface area contributed by atoms with Crippen molar-refractivity contribution < 1.29 is 15.9 Å². The van der Waals surface area contributed by atoms with Crippen molar-refractivity contribution >= 4 is 148 Å². The Bertz CT molecular complexity index is 4690. The fourth-order valence-corrected chi connectivity index (χ4v) is 58.3. The Balaban J connectivity index is 1.04. The molecule has 0 radical (unpaired) electrons. The summed E-state index contributed by atoms with van der Waals surface area (Å²) in [5.74, 6) is 0. The molecule has 2 unspecified atom stereocenters. The van der Waals surface area contributed by atoms with E-state index in [1.54, 1.807) is 0 Å². The third-order valence-electron chi connectivity index (χ3n) is 22.5. The summed E-state index contributed by atoms with van der Waals surface area (Å²) in [6, 6.07) is 149. The monoisotopic (exact) mass is 1480 g/mol. The van der Waals surface area contributed by atoms with Gasteiger partial charge in [-0.1, -0.05) is 0 Å². The number of hydrogen-bond acceptors (Lipinski definition) is 0. The van der Waals surface area contributed by atoms with Crippen molar-refractivity contribution in [2.45, 2.75) is 28.0 Å². The first kappa shape index (κ1) is 66.3. The summed E-state index contributed by atoms with van der Waals surface area (Å²) in [6.45, 7) is 6.91. The predicted molar refractivity (Wildman–Crippen MR) is 444 cm³/mol. The molecule has 488 valence electrons. The molecule has 0 saturated carbocycles. The van der Waals surface area contributed by atoms with Crippen molar-refractivity contribution in [3.05, 3.63) is 422 Å². The molecule has 0 fully saturated rings. The summed E-state index contributed by atoms with van der Waals surface area (Å²) in [5, 5.41) is 21.3. The Morgan fingerprint density at radius 2 is 0.386 bits per heavy atom. The zero-order valence-electron chi connectivity index (χ0n) is 57.1. The molecule has 2 atom stereocenters. The Morgan fingerprint density at radius 3 is 0.535 bits per heavy atom. The van der Waals surface area contributed by atoms with Crippen molar-refractivity contribution in [2.24, 2.45) is 0 Å². The van der Waals surface area contributed by atoms with Crippen LogP contribution >= 0.6 is 17.0 Å². The molecule has 0 bridgehead atoms. The topological polar surface area (TPSA) is 0 Å². The fraction of sp³-hybridized carbons (Fsp3) is 0.0532. The first-order chi connectivity index (χ1) is 49.6. The molecule has 0 aromatic heterocycles. The molecule has 0 spiro atoms. The normalized spacial score (nSPS) is 14.7. The molecule has 16 rings (SSSR count). The van der Waals surface area contributed by atoms with Gasteiger partial charge in [-0.15, -0.1) is 0 Å². The van der Waals surface area contributed by atoms with Crippen molar-refractivity contribution in [3.63, 3.8) is 0 Å². The van der Waals surface area contributed by atoms with Crippen LogP contribution in [0.5, 0.6) is 0 Å². The molecule has 2 aliphatic carbocycles. The molecule has 0 saturated heterocycles. The van der Waals surface area contributed by atoms with Crippen LogP contribution in [0.25, 0.3) is 12.2 Å². The number of rotatable bonds is 18. The molecular formula is C94H78Cl2Si4Zr. The summed E-state index contributed by atoms with van der Waals surface area (Å²) in [7, 11) is 5.58. The maximum atomic E-state index is 9.58. The number of benzene rings is 14. The van der Waals surface area contributed by atoms with Gasteiger partial charge in [-0.3, -0.25) is 0 Å². The van der Waals surface area contributed by atoms with Gasteiger partial charge >= 0.3 is 614 Å². The Kier molecular flexibility index (Phi) is 17.9. The summed E-state index contributed by atoms with van der Waals surface area (Å²) in [6.07, 6.45) is 4.99. The quantitative estimate of drug-likeness (QED) is 0.0593. The van der Waals surface area contributed by atoms with Crippen LogP contribution in [0.3, 0.4) is 0 Å². The van der Waals surface area contributed by atoms with Gasteiger partial charge in [0.15, 0.2) is 0 Å². The van der Waals surface area contributed by atoms with E-state index in [0.29, 0.717) is 0 Å². The molecule has 0 heterocycles. The molecule has 7 heteroatoms. The van der Waals surface area contributed by atoms with Crippen LogP contribution in [0.2, 0.25) is 0 Å². The van der Waals surface area contributed by atoms with Crippen LogP contribution in [0.15, 0.2) is 399 Å². The SMILES string of the molecule is C[CH]=[Zr]([Cl])([Cl])([CH]1C(C)=Cc2cc([Si](c3ccccc3)(c3ccccc3)c3ccccc3)c([Si](c3ccccc3)(c3ccccc3)c3ccccc3)cc21)[CH]1C(C)=Cc2cc([Si](c3ccccc3)(c3ccccc3)c3ccccc3)c([Si](c3ccccc3)(c3ccccc3)c3ccccc3)cc21. The van der Waals surface area contributed by atoms with E-state index in [2.05, 4.69) is 425 Å². The predicted octanol–water partition coefficient (Wildman–Crippen LogP) is 12.6. The van der Waals surface area contributed by atoms with E-state index >= 15 is 0 Å². The minimum absolute atomic E-state index is 0.323. The number of fused-ring (bicyclic) bond motifs is 2. The number of halogens is 2. The first-order valence-electron chi connectivity index (χ1n) is 35.4. The van der Waals surface area contributed by atoms with Crippen LogP contribution in [0.4, 0.5) is 0 Å². The van der Waals surface area contributed by atoms with Crippen LogP contribution in [-0.4, -0.2) is 36.0 Å². The van der Waals surface area contributed by atoms with Crippen molar-refractivity contribution in [1.82, 2.24) is 0 Å². The summed E-state index contributed by atoms with van der Waals surface area (Å²) >= 11 is -5.89. The summed E-state index contributed by atoms with van der Waals surface area (Å²) in [4.78, 5) is 0. The van der Waals surface area contributed by atoms with Gasteiger partial charge in [0.2, 0.25) is 0 Å². The van der Waals surface area contributed by atoms with Crippen molar-refractivity contribution in [3.8, 4) is 0 Å². The van der Waals surface area contributed by atoms with Crippen LogP contribution < -0.4 is 83.0 Å². The molecule has 0 N–H and O–H groups in total. The molecule has 0 aliphatic heterocycles. The van der Waals surface area contributed by atoms with E-state index in [1.807, 2.05) is 0 Å². The summed E-state index contributed by atoms with van der Waals surface area (Å²) < 4.78 is 1.74. The zero-order chi connectivity index (χ0) is 68.7. The molecule has 14 aromatic carbocycles. The van der Waals surface area contributed by atoms with Gasteiger partial charge in [-0.2, -0.15) is 0 Å². The minimum atomic E-state index is -5.89. The summed E-state index contributed by atoms with van der Waals surface area (Å²) in [5.41, 5.74) is 7.23. The molecule has 2 aliphatic rings. The second kappa shape index (κ2) is 27.3. The fourth-order valence-electron chi connectivity index (χ4n) is 18.5. The second-order valence-corrected chi connectivity index (χ2v) is 64.1. The molecule has 0 nitrogen and oxygen atoms in total.